The van der Waals surface area contributed by atoms with Crippen molar-refractivity contribution in [1.82, 2.24) is 0 Å². The molecule has 0 aromatic heterocycles. The molecule has 0 aromatic carbocycles. The molecule has 0 heterocycles. The standard InChI is InChI=1S/C11H18O3/c1-8-4-5-11(7-12,6-9(8)13)10(2,3)14/h4,12,14H,5-7H2,1-3H3. The first-order valence-electron chi connectivity index (χ1n) is 4.86. The van der Waals surface area contributed by atoms with Crippen LogP contribution in [0.4, 0.5) is 0 Å². The predicted molar refractivity (Wildman–Crippen MR) is 53.8 cm³/mol. The van der Waals surface area contributed by atoms with Crippen LogP contribution in [0.25, 0.3) is 0 Å². The van der Waals surface area contributed by atoms with Gasteiger partial charge in [-0.25, -0.2) is 0 Å². The Labute approximate surface area is 84.4 Å². The zero-order valence-corrected chi connectivity index (χ0v) is 9.00. The predicted octanol–water partition coefficient (Wildman–Crippen LogP) is 1.05. The van der Waals surface area contributed by atoms with Crippen LogP contribution in [0.5, 0.6) is 0 Å². The van der Waals surface area contributed by atoms with E-state index in [0.29, 0.717) is 6.42 Å². The van der Waals surface area contributed by atoms with Crippen molar-refractivity contribution in [3.8, 4) is 0 Å². The largest absolute Gasteiger partial charge is 0.396 e. The van der Waals surface area contributed by atoms with E-state index in [0.717, 1.165) is 5.57 Å². The lowest BCUT2D eigenvalue weighted by molar-refractivity contribution is -0.131. The quantitative estimate of drug-likeness (QED) is 0.697. The van der Waals surface area contributed by atoms with Crippen LogP contribution in [-0.2, 0) is 4.79 Å². The molecule has 3 heteroatoms. The summed E-state index contributed by atoms with van der Waals surface area (Å²) >= 11 is 0. The van der Waals surface area contributed by atoms with Gasteiger partial charge in [-0.05, 0) is 32.8 Å². The van der Waals surface area contributed by atoms with Crippen LogP contribution in [0.1, 0.15) is 33.6 Å². The van der Waals surface area contributed by atoms with E-state index < -0.39 is 11.0 Å². The number of aliphatic hydroxyl groups excluding tert-OH is 1. The van der Waals surface area contributed by atoms with E-state index >= 15 is 0 Å². The van der Waals surface area contributed by atoms with Crippen molar-refractivity contribution in [2.24, 2.45) is 5.41 Å². The monoisotopic (exact) mass is 198 g/mol. The van der Waals surface area contributed by atoms with E-state index in [1.807, 2.05) is 0 Å². The third-order valence-electron chi connectivity index (χ3n) is 3.34. The second-order valence-electron chi connectivity index (χ2n) is 4.69. The Morgan fingerprint density at radius 3 is 2.50 bits per heavy atom. The summed E-state index contributed by atoms with van der Waals surface area (Å²) in [6.07, 6.45) is 2.60. The Morgan fingerprint density at radius 1 is 1.57 bits per heavy atom. The van der Waals surface area contributed by atoms with Gasteiger partial charge in [-0.2, -0.15) is 0 Å². The minimum absolute atomic E-state index is 0.0208. The number of carbonyl (C=O) groups excluding carboxylic acids is 1. The van der Waals surface area contributed by atoms with Crippen LogP contribution in [0.2, 0.25) is 0 Å². The van der Waals surface area contributed by atoms with Gasteiger partial charge in [0, 0.05) is 11.8 Å². The van der Waals surface area contributed by atoms with Gasteiger partial charge in [-0.15, -0.1) is 0 Å². The lowest BCUT2D eigenvalue weighted by atomic mass is 9.65. The summed E-state index contributed by atoms with van der Waals surface area (Å²) in [5.41, 5.74) is -1.00. The van der Waals surface area contributed by atoms with Crippen LogP contribution in [-0.4, -0.2) is 28.2 Å². The van der Waals surface area contributed by atoms with Crippen LogP contribution in [0.3, 0.4) is 0 Å². The number of carbonyl (C=O) groups is 1. The van der Waals surface area contributed by atoms with Crippen LogP contribution in [0.15, 0.2) is 11.6 Å². The molecule has 2 N–H and O–H groups in total. The summed E-state index contributed by atoms with van der Waals surface area (Å²) in [6, 6.07) is 0. The maximum absolute atomic E-state index is 11.5. The normalized spacial score (nSPS) is 28.9. The topological polar surface area (TPSA) is 57.5 Å². The van der Waals surface area contributed by atoms with E-state index in [-0.39, 0.29) is 18.8 Å². The second kappa shape index (κ2) is 3.48. The Bertz CT molecular complexity index is 273. The zero-order valence-electron chi connectivity index (χ0n) is 9.00. The molecule has 1 aliphatic rings. The molecule has 0 aliphatic heterocycles. The summed E-state index contributed by atoms with van der Waals surface area (Å²) in [4.78, 5) is 11.5. The van der Waals surface area contributed by atoms with Crippen molar-refractivity contribution in [1.29, 1.82) is 0 Å². The number of allylic oxidation sites excluding steroid dienone is 2. The van der Waals surface area contributed by atoms with Gasteiger partial charge in [-0.1, -0.05) is 6.08 Å². The maximum Gasteiger partial charge on any atom is 0.159 e. The van der Waals surface area contributed by atoms with Gasteiger partial charge in [0.1, 0.15) is 0 Å². The van der Waals surface area contributed by atoms with Gasteiger partial charge >= 0.3 is 0 Å². The van der Waals surface area contributed by atoms with E-state index in [1.165, 1.54) is 0 Å². The highest BCUT2D eigenvalue weighted by atomic mass is 16.3. The minimum atomic E-state index is -1.03. The molecule has 80 valence electrons. The molecule has 0 radical (unpaired) electrons. The first-order valence-corrected chi connectivity index (χ1v) is 4.86. The summed E-state index contributed by atoms with van der Waals surface area (Å²) in [7, 11) is 0. The van der Waals surface area contributed by atoms with Gasteiger partial charge in [0.2, 0.25) is 0 Å². The molecular weight excluding hydrogens is 180 g/mol. The number of hydrogen-bond donors (Lipinski definition) is 2. The summed E-state index contributed by atoms with van der Waals surface area (Å²) in [6.45, 7) is 4.90. The Kier molecular flexibility index (Phi) is 2.83. The number of rotatable bonds is 2. The number of hydrogen-bond acceptors (Lipinski definition) is 3. The molecule has 1 atom stereocenters. The average Bonchev–Trinajstić information content (AvgIpc) is 2.08. The second-order valence-corrected chi connectivity index (χ2v) is 4.69. The molecule has 3 nitrogen and oxygen atoms in total. The lowest BCUT2D eigenvalue weighted by Crippen LogP contribution is -2.49. The average molecular weight is 198 g/mol. The van der Waals surface area contributed by atoms with Crippen molar-refractivity contribution < 1.29 is 15.0 Å². The highest BCUT2D eigenvalue weighted by Gasteiger charge is 2.46. The Hall–Kier alpha value is -0.670. The molecule has 0 bridgehead atoms. The minimum Gasteiger partial charge on any atom is -0.396 e. The first kappa shape index (κ1) is 11.4. The lowest BCUT2D eigenvalue weighted by Gasteiger charge is -2.43. The van der Waals surface area contributed by atoms with Crippen LogP contribution < -0.4 is 0 Å². The molecule has 0 fully saturated rings. The fourth-order valence-corrected chi connectivity index (χ4v) is 1.76. The van der Waals surface area contributed by atoms with Gasteiger partial charge in [0.25, 0.3) is 0 Å². The third kappa shape index (κ3) is 1.74. The summed E-state index contributed by atoms with van der Waals surface area (Å²) < 4.78 is 0. The zero-order chi connectivity index (χ0) is 11.0. The molecule has 0 saturated carbocycles. The van der Waals surface area contributed by atoms with Crippen molar-refractivity contribution in [2.75, 3.05) is 6.61 Å². The molecule has 1 unspecified atom stereocenters. The summed E-state index contributed by atoms with van der Waals surface area (Å²) in [5.74, 6) is 0.0208. The van der Waals surface area contributed by atoms with Crippen molar-refractivity contribution in [3.05, 3.63) is 11.6 Å². The van der Waals surface area contributed by atoms with Gasteiger partial charge in [-0.3, -0.25) is 4.79 Å². The van der Waals surface area contributed by atoms with E-state index in [9.17, 15) is 15.0 Å². The smallest absolute Gasteiger partial charge is 0.159 e. The van der Waals surface area contributed by atoms with Crippen molar-refractivity contribution in [3.63, 3.8) is 0 Å². The fourth-order valence-electron chi connectivity index (χ4n) is 1.76. The van der Waals surface area contributed by atoms with E-state index in [1.54, 1.807) is 26.8 Å². The maximum atomic E-state index is 11.5. The highest BCUT2D eigenvalue weighted by molar-refractivity contribution is 5.96. The van der Waals surface area contributed by atoms with Crippen molar-refractivity contribution >= 4 is 5.78 Å². The molecular formula is C11H18O3. The highest BCUT2D eigenvalue weighted by Crippen LogP contribution is 2.42. The fraction of sp³-hybridized carbons (Fsp3) is 0.727. The molecule has 1 aliphatic carbocycles. The molecule has 1 rings (SSSR count). The SMILES string of the molecule is CC1=CCC(CO)(C(C)(C)O)CC1=O. The molecule has 14 heavy (non-hydrogen) atoms. The number of ketones is 1. The Balaban J connectivity index is 3.01. The first-order chi connectivity index (χ1) is 6.32. The van der Waals surface area contributed by atoms with E-state index in [4.69, 9.17) is 0 Å². The van der Waals surface area contributed by atoms with Gasteiger partial charge in [0.15, 0.2) is 5.78 Å². The van der Waals surface area contributed by atoms with Crippen LogP contribution >= 0.6 is 0 Å². The van der Waals surface area contributed by atoms with Gasteiger partial charge < -0.3 is 10.2 Å². The molecule has 0 amide bonds. The van der Waals surface area contributed by atoms with Crippen LogP contribution in [0, 0.1) is 5.41 Å². The third-order valence-corrected chi connectivity index (χ3v) is 3.34. The summed E-state index contributed by atoms with van der Waals surface area (Å²) in [5, 5.41) is 19.3. The number of aliphatic hydroxyl groups is 2. The van der Waals surface area contributed by atoms with E-state index in [2.05, 4.69) is 0 Å². The van der Waals surface area contributed by atoms with Gasteiger partial charge in [0.05, 0.1) is 12.2 Å². The molecule has 0 aromatic rings. The number of Topliss-reactive ketones (excluding diaryl/α,β-unsaturated/α-hetero) is 1. The van der Waals surface area contributed by atoms with Crippen molar-refractivity contribution in [2.45, 2.75) is 39.2 Å². The molecule has 0 saturated heterocycles. The Morgan fingerprint density at radius 2 is 2.14 bits per heavy atom. The molecule has 0 spiro atoms.